The van der Waals surface area contributed by atoms with E-state index in [0.717, 1.165) is 20.7 Å². The van der Waals surface area contributed by atoms with Crippen LogP contribution in [0.4, 0.5) is 0 Å². The van der Waals surface area contributed by atoms with Gasteiger partial charge in [-0.05, 0) is 74.6 Å². The molecule has 1 amide bonds. The SMILES string of the molecule is CC1CC(C)CN(S(=O)(=O)c2ccc(Sc3ccc(Br)cc3)c(C(=O)NC(C)C)c2)C1. The van der Waals surface area contributed by atoms with Crippen molar-refractivity contribution in [3.05, 3.63) is 52.5 Å². The summed E-state index contributed by atoms with van der Waals surface area (Å²) in [6.07, 6.45) is 1.02. The molecular formula is C23H29BrN2O3S2. The van der Waals surface area contributed by atoms with Gasteiger partial charge in [-0.1, -0.05) is 41.5 Å². The molecule has 1 saturated heterocycles. The second kappa shape index (κ2) is 10.1. The van der Waals surface area contributed by atoms with Gasteiger partial charge in [0.2, 0.25) is 10.0 Å². The average Bonchev–Trinajstić information content (AvgIpc) is 2.68. The molecule has 168 valence electrons. The molecule has 0 saturated carbocycles. The number of nitrogens with zero attached hydrogens (tertiary/aromatic N) is 1. The van der Waals surface area contributed by atoms with E-state index < -0.39 is 10.0 Å². The molecule has 1 aliphatic heterocycles. The molecule has 2 aromatic rings. The van der Waals surface area contributed by atoms with Gasteiger partial charge in [0, 0.05) is 33.4 Å². The molecule has 5 nitrogen and oxygen atoms in total. The van der Waals surface area contributed by atoms with E-state index in [0.29, 0.717) is 30.5 Å². The van der Waals surface area contributed by atoms with Gasteiger partial charge in [-0.15, -0.1) is 0 Å². The molecule has 8 heteroatoms. The van der Waals surface area contributed by atoms with E-state index in [1.165, 1.54) is 17.8 Å². The summed E-state index contributed by atoms with van der Waals surface area (Å²) in [7, 11) is -3.67. The number of carbonyl (C=O) groups excluding carboxylic acids is 1. The number of sulfonamides is 1. The first kappa shape index (κ1) is 24.3. The van der Waals surface area contributed by atoms with E-state index in [1.54, 1.807) is 16.4 Å². The van der Waals surface area contributed by atoms with E-state index >= 15 is 0 Å². The van der Waals surface area contributed by atoms with Gasteiger partial charge in [-0.3, -0.25) is 4.79 Å². The molecule has 0 aromatic heterocycles. The Bertz CT molecular complexity index is 1030. The second-order valence-electron chi connectivity index (χ2n) is 8.61. The molecule has 1 heterocycles. The Labute approximate surface area is 198 Å². The lowest BCUT2D eigenvalue weighted by Crippen LogP contribution is -2.42. The summed E-state index contributed by atoms with van der Waals surface area (Å²) in [6.45, 7) is 8.95. The fourth-order valence-electron chi connectivity index (χ4n) is 3.86. The minimum Gasteiger partial charge on any atom is -0.350 e. The van der Waals surface area contributed by atoms with E-state index in [4.69, 9.17) is 0 Å². The van der Waals surface area contributed by atoms with E-state index in [2.05, 4.69) is 35.1 Å². The van der Waals surface area contributed by atoms with E-state index in [1.807, 2.05) is 38.1 Å². The van der Waals surface area contributed by atoms with Gasteiger partial charge in [0.15, 0.2) is 0 Å². The van der Waals surface area contributed by atoms with Crippen LogP contribution < -0.4 is 5.32 Å². The maximum absolute atomic E-state index is 13.4. The fourth-order valence-corrected chi connectivity index (χ4v) is 6.75. The van der Waals surface area contributed by atoms with Crippen molar-refractivity contribution in [2.24, 2.45) is 11.8 Å². The van der Waals surface area contributed by atoms with Gasteiger partial charge in [0.1, 0.15) is 0 Å². The third kappa shape index (κ3) is 6.12. The van der Waals surface area contributed by atoms with Gasteiger partial charge in [-0.25, -0.2) is 8.42 Å². The number of hydrogen-bond acceptors (Lipinski definition) is 4. The maximum atomic E-state index is 13.4. The summed E-state index contributed by atoms with van der Waals surface area (Å²) < 4.78 is 29.3. The van der Waals surface area contributed by atoms with Crippen molar-refractivity contribution in [1.29, 1.82) is 0 Å². The van der Waals surface area contributed by atoms with Crippen LogP contribution in [0.1, 0.15) is 44.5 Å². The largest absolute Gasteiger partial charge is 0.350 e. The Morgan fingerprint density at radius 3 is 2.29 bits per heavy atom. The third-order valence-corrected chi connectivity index (χ3v) is 8.57. The van der Waals surface area contributed by atoms with Crippen LogP contribution in [0.25, 0.3) is 0 Å². The number of halogens is 1. The predicted octanol–water partition coefficient (Wildman–Crippen LogP) is 5.41. The molecule has 3 rings (SSSR count). The molecule has 0 bridgehead atoms. The van der Waals surface area contributed by atoms with Crippen LogP contribution in [0.2, 0.25) is 0 Å². The van der Waals surface area contributed by atoms with Gasteiger partial charge in [0.05, 0.1) is 10.5 Å². The lowest BCUT2D eigenvalue weighted by molar-refractivity contribution is 0.0940. The zero-order valence-electron chi connectivity index (χ0n) is 18.3. The van der Waals surface area contributed by atoms with Crippen LogP contribution in [0.5, 0.6) is 0 Å². The van der Waals surface area contributed by atoms with Crippen molar-refractivity contribution >= 4 is 43.6 Å². The summed E-state index contributed by atoms with van der Waals surface area (Å²) in [5, 5.41) is 2.90. The number of benzene rings is 2. The van der Waals surface area contributed by atoms with E-state index in [9.17, 15) is 13.2 Å². The van der Waals surface area contributed by atoms with Crippen molar-refractivity contribution in [1.82, 2.24) is 9.62 Å². The van der Waals surface area contributed by atoms with Crippen LogP contribution in [-0.4, -0.2) is 37.8 Å². The van der Waals surface area contributed by atoms with E-state index in [-0.39, 0.29) is 16.8 Å². The number of amides is 1. The second-order valence-corrected chi connectivity index (χ2v) is 12.6. The van der Waals surface area contributed by atoms with Gasteiger partial charge >= 0.3 is 0 Å². The highest BCUT2D eigenvalue weighted by atomic mass is 79.9. The minimum absolute atomic E-state index is 0.0536. The number of hydrogen-bond donors (Lipinski definition) is 1. The molecule has 1 fully saturated rings. The van der Waals surface area contributed by atoms with Crippen molar-refractivity contribution in [3.8, 4) is 0 Å². The molecule has 0 aliphatic carbocycles. The molecular weight excluding hydrogens is 496 g/mol. The quantitative estimate of drug-likeness (QED) is 0.548. The standard InChI is InChI=1S/C23H29BrN2O3S2/c1-15(2)25-23(27)21-12-20(31(28,29)26-13-16(3)11-17(4)14-26)9-10-22(21)30-19-7-5-18(24)6-8-19/h5-10,12,15-17H,11,13-14H2,1-4H3,(H,25,27). The van der Waals surface area contributed by atoms with Crippen molar-refractivity contribution < 1.29 is 13.2 Å². The lowest BCUT2D eigenvalue weighted by Gasteiger charge is -2.34. The third-order valence-electron chi connectivity index (χ3n) is 5.13. The Morgan fingerprint density at radius 1 is 1.10 bits per heavy atom. The van der Waals surface area contributed by atoms with Crippen LogP contribution in [0.15, 0.2) is 61.6 Å². The highest BCUT2D eigenvalue weighted by Gasteiger charge is 2.32. The summed E-state index contributed by atoms with van der Waals surface area (Å²) in [4.78, 5) is 14.8. The van der Waals surface area contributed by atoms with Gasteiger partial charge in [0.25, 0.3) is 5.91 Å². The summed E-state index contributed by atoms with van der Waals surface area (Å²) in [5.74, 6) is 0.357. The maximum Gasteiger partial charge on any atom is 0.252 e. The minimum atomic E-state index is -3.67. The molecule has 2 unspecified atom stereocenters. The Hall–Kier alpha value is -1.35. The van der Waals surface area contributed by atoms with Gasteiger partial charge in [-0.2, -0.15) is 4.31 Å². The zero-order chi connectivity index (χ0) is 22.8. The first-order valence-corrected chi connectivity index (χ1v) is 13.5. The number of rotatable bonds is 6. The molecule has 1 aliphatic rings. The van der Waals surface area contributed by atoms with Crippen molar-refractivity contribution in [2.75, 3.05) is 13.1 Å². The monoisotopic (exact) mass is 524 g/mol. The van der Waals surface area contributed by atoms with Crippen LogP contribution in [0, 0.1) is 11.8 Å². The summed E-state index contributed by atoms with van der Waals surface area (Å²) in [5.41, 5.74) is 0.376. The Balaban J connectivity index is 1.98. The molecule has 2 atom stereocenters. The first-order chi connectivity index (χ1) is 14.6. The lowest BCUT2D eigenvalue weighted by atomic mass is 9.94. The molecule has 2 aromatic carbocycles. The number of nitrogens with one attached hydrogen (secondary N) is 1. The fraction of sp³-hybridized carbons (Fsp3) is 0.435. The smallest absolute Gasteiger partial charge is 0.252 e. The Morgan fingerprint density at radius 2 is 1.71 bits per heavy atom. The van der Waals surface area contributed by atoms with Gasteiger partial charge < -0.3 is 5.32 Å². The molecule has 31 heavy (non-hydrogen) atoms. The predicted molar refractivity (Wildman–Crippen MR) is 129 cm³/mol. The highest BCUT2D eigenvalue weighted by molar-refractivity contribution is 9.10. The van der Waals surface area contributed by atoms with Crippen molar-refractivity contribution in [2.45, 2.75) is 54.8 Å². The molecule has 0 radical (unpaired) electrons. The molecule has 0 spiro atoms. The van der Waals surface area contributed by atoms with Crippen LogP contribution in [-0.2, 0) is 10.0 Å². The molecule has 1 N–H and O–H groups in total. The summed E-state index contributed by atoms with van der Waals surface area (Å²) in [6, 6.07) is 12.6. The first-order valence-electron chi connectivity index (χ1n) is 10.4. The Kier molecular flexibility index (Phi) is 7.89. The average molecular weight is 526 g/mol. The van der Waals surface area contributed by atoms with Crippen LogP contribution in [0.3, 0.4) is 0 Å². The normalized spacial score (nSPS) is 20.1. The summed E-state index contributed by atoms with van der Waals surface area (Å²) >= 11 is 4.87. The number of piperidine rings is 1. The topological polar surface area (TPSA) is 66.5 Å². The highest BCUT2D eigenvalue weighted by Crippen LogP contribution is 2.34. The van der Waals surface area contributed by atoms with Crippen LogP contribution >= 0.6 is 27.7 Å². The van der Waals surface area contributed by atoms with Crippen molar-refractivity contribution in [3.63, 3.8) is 0 Å². The number of carbonyl (C=O) groups is 1. The zero-order valence-corrected chi connectivity index (χ0v) is 21.5.